The van der Waals surface area contributed by atoms with Crippen LogP contribution < -0.4 is 4.74 Å². The third-order valence-corrected chi connectivity index (χ3v) is 3.68. The summed E-state index contributed by atoms with van der Waals surface area (Å²) in [7, 11) is 1.51. The predicted octanol–water partition coefficient (Wildman–Crippen LogP) is 5.39. The van der Waals surface area contributed by atoms with Gasteiger partial charge in [-0.1, -0.05) is 6.07 Å². The predicted molar refractivity (Wildman–Crippen MR) is 86.8 cm³/mol. The molecule has 0 saturated carbocycles. The Kier molecular flexibility index (Phi) is 4.20. The zero-order valence-corrected chi connectivity index (χ0v) is 13.8. The Morgan fingerprint density at radius 2 is 1.84 bits per heavy atom. The Labute approximate surface area is 141 Å². The van der Waals surface area contributed by atoms with Crippen LogP contribution in [-0.4, -0.2) is 16.5 Å². The molecule has 1 aromatic carbocycles. The lowest BCUT2D eigenvalue weighted by molar-refractivity contribution is -0.137. The summed E-state index contributed by atoms with van der Waals surface area (Å²) in [4.78, 5) is 4.22. The first kappa shape index (κ1) is 16.9. The number of benzene rings is 1. The van der Waals surface area contributed by atoms with Gasteiger partial charge in [0, 0.05) is 6.20 Å². The lowest BCUT2D eigenvalue weighted by atomic mass is 10.2. The van der Waals surface area contributed by atoms with Crippen molar-refractivity contribution in [2.45, 2.75) is 20.0 Å². The van der Waals surface area contributed by atoms with E-state index >= 15 is 0 Å². The Bertz CT molecular complexity index is 960. The Morgan fingerprint density at radius 1 is 1.08 bits per heavy atom. The summed E-state index contributed by atoms with van der Waals surface area (Å²) in [5.41, 5.74) is 1.53. The Morgan fingerprint density at radius 3 is 2.52 bits per heavy atom. The molecule has 0 N–H and O–H groups in total. The summed E-state index contributed by atoms with van der Waals surface area (Å²) in [6.07, 6.45) is -3.47. The molecule has 0 bridgehead atoms. The molecule has 8 heteroatoms. The van der Waals surface area contributed by atoms with E-state index in [1.165, 1.54) is 17.6 Å². The van der Waals surface area contributed by atoms with E-state index in [0.717, 1.165) is 17.8 Å². The fourth-order valence-corrected chi connectivity index (χ4v) is 2.42. The van der Waals surface area contributed by atoms with E-state index in [9.17, 15) is 13.2 Å². The maximum atomic E-state index is 12.9. The topological polar surface area (TPSA) is 51.2 Å². The third kappa shape index (κ3) is 3.33. The fraction of sp³-hybridized carbons (Fsp3) is 0.235. The average Bonchev–Trinajstić information content (AvgIpc) is 2.86. The quantitative estimate of drug-likeness (QED) is 0.596. The van der Waals surface area contributed by atoms with Crippen LogP contribution in [0.3, 0.4) is 0 Å². The molecular formula is C17H15F3N4O. The van der Waals surface area contributed by atoms with Gasteiger partial charge in [-0.3, -0.25) is 4.40 Å². The molecule has 0 saturated heterocycles. The maximum Gasteiger partial charge on any atom is 0.417 e. The number of rotatable bonds is 3. The van der Waals surface area contributed by atoms with Crippen molar-refractivity contribution < 1.29 is 17.9 Å². The van der Waals surface area contributed by atoms with E-state index in [1.807, 2.05) is 13.0 Å². The second kappa shape index (κ2) is 6.19. The number of halogens is 3. The molecule has 0 radical (unpaired) electrons. The first-order valence-electron chi connectivity index (χ1n) is 7.42. The van der Waals surface area contributed by atoms with Gasteiger partial charge in [0.2, 0.25) is 0 Å². The molecule has 0 fully saturated rings. The van der Waals surface area contributed by atoms with Gasteiger partial charge in [-0.25, -0.2) is 4.98 Å². The van der Waals surface area contributed by atoms with Gasteiger partial charge >= 0.3 is 6.18 Å². The van der Waals surface area contributed by atoms with E-state index in [1.54, 1.807) is 19.1 Å². The van der Waals surface area contributed by atoms with Crippen LogP contribution in [0.1, 0.15) is 16.8 Å². The van der Waals surface area contributed by atoms with E-state index in [2.05, 4.69) is 15.2 Å². The van der Waals surface area contributed by atoms with E-state index in [0.29, 0.717) is 22.8 Å². The van der Waals surface area contributed by atoms with Gasteiger partial charge < -0.3 is 4.74 Å². The number of pyridine rings is 1. The van der Waals surface area contributed by atoms with E-state index < -0.39 is 11.7 Å². The molecule has 0 aliphatic carbocycles. The molecule has 0 atom stereocenters. The van der Waals surface area contributed by atoms with Crippen LogP contribution in [0.2, 0.25) is 0 Å². The summed E-state index contributed by atoms with van der Waals surface area (Å²) in [5.74, 6) is 0.765. The van der Waals surface area contributed by atoms with Gasteiger partial charge in [-0.2, -0.15) is 13.2 Å². The fourth-order valence-electron chi connectivity index (χ4n) is 2.42. The molecule has 25 heavy (non-hydrogen) atoms. The number of imidazole rings is 1. The number of aryl methyl sites for hydroxylation is 2. The maximum absolute atomic E-state index is 12.9. The number of hydrogen-bond donors (Lipinski definition) is 0. The van der Waals surface area contributed by atoms with Crippen molar-refractivity contribution >= 4 is 17.2 Å². The van der Waals surface area contributed by atoms with Crippen LogP contribution in [0.15, 0.2) is 46.8 Å². The molecule has 0 aliphatic heterocycles. The van der Waals surface area contributed by atoms with Crippen molar-refractivity contribution in [2.24, 2.45) is 10.2 Å². The largest absolute Gasteiger partial charge is 0.494 e. The van der Waals surface area contributed by atoms with Crippen LogP contribution in [0.4, 0.5) is 24.7 Å². The zero-order valence-electron chi connectivity index (χ0n) is 13.8. The highest BCUT2D eigenvalue weighted by molar-refractivity contribution is 5.55. The normalized spacial score (nSPS) is 12.2. The highest BCUT2D eigenvalue weighted by Gasteiger charge is 2.31. The van der Waals surface area contributed by atoms with Gasteiger partial charge in [0.25, 0.3) is 0 Å². The number of azo groups is 1. The lowest BCUT2D eigenvalue weighted by Crippen LogP contribution is -2.06. The summed E-state index contributed by atoms with van der Waals surface area (Å²) < 4.78 is 45.3. The van der Waals surface area contributed by atoms with Crippen molar-refractivity contribution in [2.75, 3.05) is 7.11 Å². The van der Waals surface area contributed by atoms with Crippen LogP contribution in [0.5, 0.6) is 5.75 Å². The Hall–Kier alpha value is -2.90. The minimum Gasteiger partial charge on any atom is -0.494 e. The first-order chi connectivity index (χ1) is 11.8. The molecule has 5 nitrogen and oxygen atoms in total. The minimum absolute atomic E-state index is 0.240. The number of nitrogens with zero attached hydrogens (tertiary/aromatic N) is 4. The third-order valence-electron chi connectivity index (χ3n) is 3.68. The highest BCUT2D eigenvalue weighted by Crippen LogP contribution is 2.33. The molecular weight excluding hydrogens is 333 g/mol. The van der Waals surface area contributed by atoms with Gasteiger partial charge in [-0.05, 0) is 43.7 Å². The second-order valence-electron chi connectivity index (χ2n) is 5.54. The molecule has 0 spiro atoms. The monoisotopic (exact) mass is 348 g/mol. The standard InChI is InChI=1S/C17H15F3N4O/c1-10-4-6-14(25-3)13(8-10)22-23-16-11(2)21-15-7-5-12(9-24(15)16)17(18,19)20/h4-9H,1-3H3. The molecule has 130 valence electrons. The van der Waals surface area contributed by atoms with Crippen molar-refractivity contribution in [3.8, 4) is 5.75 Å². The second-order valence-corrected chi connectivity index (χ2v) is 5.54. The Balaban J connectivity index is 2.09. The van der Waals surface area contributed by atoms with Crippen LogP contribution in [0.25, 0.3) is 5.65 Å². The van der Waals surface area contributed by atoms with Crippen LogP contribution in [-0.2, 0) is 6.18 Å². The van der Waals surface area contributed by atoms with Crippen LogP contribution in [0, 0.1) is 13.8 Å². The van der Waals surface area contributed by atoms with Crippen molar-refractivity contribution in [3.05, 3.63) is 53.3 Å². The van der Waals surface area contributed by atoms with Gasteiger partial charge in [-0.15, -0.1) is 10.2 Å². The van der Waals surface area contributed by atoms with Gasteiger partial charge in [0.05, 0.1) is 18.4 Å². The number of fused-ring (bicyclic) bond motifs is 1. The van der Waals surface area contributed by atoms with E-state index in [-0.39, 0.29) is 5.82 Å². The minimum atomic E-state index is -4.44. The molecule has 3 rings (SSSR count). The van der Waals surface area contributed by atoms with Crippen molar-refractivity contribution in [1.29, 1.82) is 0 Å². The molecule has 0 amide bonds. The number of hydrogen-bond acceptors (Lipinski definition) is 4. The molecule has 2 aromatic heterocycles. The highest BCUT2D eigenvalue weighted by atomic mass is 19.4. The number of ether oxygens (including phenoxy) is 1. The summed E-state index contributed by atoms with van der Waals surface area (Å²) >= 11 is 0. The number of alkyl halides is 3. The van der Waals surface area contributed by atoms with Gasteiger partial charge in [0.1, 0.15) is 17.1 Å². The van der Waals surface area contributed by atoms with Crippen LogP contribution >= 0.6 is 0 Å². The average molecular weight is 348 g/mol. The molecule has 2 heterocycles. The smallest absolute Gasteiger partial charge is 0.417 e. The lowest BCUT2D eigenvalue weighted by Gasteiger charge is -2.07. The number of aromatic nitrogens is 2. The number of methoxy groups -OCH3 is 1. The first-order valence-corrected chi connectivity index (χ1v) is 7.42. The zero-order chi connectivity index (χ0) is 18.2. The molecule has 3 aromatic rings. The van der Waals surface area contributed by atoms with Crippen molar-refractivity contribution in [1.82, 2.24) is 9.38 Å². The van der Waals surface area contributed by atoms with Gasteiger partial charge in [0.15, 0.2) is 5.82 Å². The summed E-state index contributed by atoms with van der Waals surface area (Å²) in [5, 5.41) is 8.26. The summed E-state index contributed by atoms with van der Waals surface area (Å²) in [6.45, 7) is 3.57. The molecule has 0 aliphatic rings. The summed E-state index contributed by atoms with van der Waals surface area (Å²) in [6, 6.07) is 7.70. The molecule has 0 unspecified atom stereocenters. The van der Waals surface area contributed by atoms with E-state index in [4.69, 9.17) is 4.74 Å². The van der Waals surface area contributed by atoms with Crippen molar-refractivity contribution in [3.63, 3.8) is 0 Å². The SMILES string of the molecule is COc1ccc(C)cc1N=Nc1c(C)nc2ccc(C(F)(F)F)cn12.